The van der Waals surface area contributed by atoms with E-state index in [2.05, 4.69) is 16.0 Å². The molecule has 31 heavy (non-hydrogen) atoms. The first-order valence-electron chi connectivity index (χ1n) is 10.0. The van der Waals surface area contributed by atoms with Gasteiger partial charge in [0.1, 0.15) is 6.04 Å². The predicted molar refractivity (Wildman–Crippen MR) is 116 cm³/mol. The Balaban J connectivity index is 1.37. The predicted octanol–water partition coefficient (Wildman–Crippen LogP) is 2.10. The van der Waals surface area contributed by atoms with E-state index in [0.29, 0.717) is 29.9 Å². The molecule has 1 aliphatic heterocycles. The lowest BCUT2D eigenvalue weighted by molar-refractivity contribution is -0.125. The fourth-order valence-corrected chi connectivity index (χ4v) is 3.74. The van der Waals surface area contributed by atoms with Crippen LogP contribution in [0.2, 0.25) is 0 Å². The second-order valence-corrected chi connectivity index (χ2v) is 7.42. The molecule has 3 amide bonds. The molecular weight excluding hydrogens is 396 g/mol. The number of para-hydroxylation sites is 2. The second-order valence-electron chi connectivity index (χ2n) is 7.42. The van der Waals surface area contributed by atoms with Crippen molar-refractivity contribution in [1.29, 1.82) is 0 Å². The van der Waals surface area contributed by atoms with Gasteiger partial charge in [0, 0.05) is 35.8 Å². The lowest BCUT2D eigenvalue weighted by Crippen LogP contribution is -2.44. The third-order valence-electron chi connectivity index (χ3n) is 5.28. The molecule has 158 valence electrons. The summed E-state index contributed by atoms with van der Waals surface area (Å²) >= 11 is 0. The Hall–Kier alpha value is -3.94. The molecule has 1 atom stereocenters. The highest BCUT2D eigenvalue weighted by Gasteiger charge is 2.29. The van der Waals surface area contributed by atoms with Crippen molar-refractivity contribution in [2.24, 2.45) is 0 Å². The zero-order chi connectivity index (χ0) is 22.0. The van der Waals surface area contributed by atoms with Crippen LogP contribution in [-0.2, 0) is 16.1 Å². The van der Waals surface area contributed by atoms with E-state index in [4.69, 9.17) is 0 Å². The molecule has 0 bridgehead atoms. The molecule has 1 aliphatic rings. The van der Waals surface area contributed by atoms with Crippen molar-refractivity contribution in [3.05, 3.63) is 65.9 Å². The quantitative estimate of drug-likeness (QED) is 0.533. The van der Waals surface area contributed by atoms with Crippen LogP contribution in [0.15, 0.2) is 54.7 Å². The summed E-state index contributed by atoms with van der Waals surface area (Å²) in [5.41, 5.74) is 2.34. The van der Waals surface area contributed by atoms with Gasteiger partial charge in [0.15, 0.2) is 5.78 Å². The first-order chi connectivity index (χ1) is 14.9. The number of carbonyl (C=O) groups excluding carboxylic acids is 4. The van der Waals surface area contributed by atoms with E-state index in [0.717, 1.165) is 10.9 Å². The Labute approximate surface area is 178 Å². The van der Waals surface area contributed by atoms with Crippen molar-refractivity contribution >= 4 is 40.1 Å². The minimum absolute atomic E-state index is 0.0184. The van der Waals surface area contributed by atoms with E-state index >= 15 is 0 Å². The van der Waals surface area contributed by atoms with E-state index in [1.807, 2.05) is 28.8 Å². The van der Waals surface area contributed by atoms with Gasteiger partial charge in [-0.1, -0.05) is 30.3 Å². The maximum Gasteiger partial charge on any atom is 0.254 e. The van der Waals surface area contributed by atoms with Crippen molar-refractivity contribution in [2.75, 3.05) is 11.9 Å². The minimum Gasteiger partial charge on any atom is -0.354 e. The van der Waals surface area contributed by atoms with Crippen molar-refractivity contribution in [2.45, 2.75) is 25.9 Å². The van der Waals surface area contributed by atoms with Gasteiger partial charge in [0.05, 0.1) is 17.7 Å². The number of anilines is 1. The van der Waals surface area contributed by atoms with Gasteiger partial charge in [-0.05, 0) is 25.1 Å². The molecule has 3 N–H and O–H groups in total. The molecule has 4 rings (SSSR count). The molecule has 2 heterocycles. The summed E-state index contributed by atoms with van der Waals surface area (Å²) in [6, 6.07) is 13.3. The Morgan fingerprint density at radius 3 is 2.61 bits per heavy atom. The Kier molecular flexibility index (Phi) is 5.53. The maximum atomic E-state index is 12.4. The molecule has 0 radical (unpaired) electrons. The molecule has 0 spiro atoms. The number of rotatable bonds is 6. The number of aromatic nitrogens is 1. The number of amides is 3. The van der Waals surface area contributed by atoms with E-state index in [-0.39, 0.29) is 18.1 Å². The van der Waals surface area contributed by atoms with Gasteiger partial charge in [-0.2, -0.15) is 0 Å². The van der Waals surface area contributed by atoms with Crippen molar-refractivity contribution in [3.8, 4) is 0 Å². The monoisotopic (exact) mass is 418 g/mol. The van der Waals surface area contributed by atoms with E-state index < -0.39 is 17.9 Å². The first kappa shape index (κ1) is 20.3. The average Bonchev–Trinajstić information content (AvgIpc) is 3.07. The van der Waals surface area contributed by atoms with Gasteiger partial charge in [-0.15, -0.1) is 0 Å². The number of benzene rings is 2. The van der Waals surface area contributed by atoms with Gasteiger partial charge >= 0.3 is 0 Å². The van der Waals surface area contributed by atoms with Crippen molar-refractivity contribution in [1.82, 2.24) is 15.2 Å². The Bertz CT molecular complexity index is 1200. The largest absolute Gasteiger partial charge is 0.354 e. The highest BCUT2D eigenvalue weighted by Crippen LogP contribution is 2.22. The number of hydrogen-bond donors (Lipinski definition) is 3. The molecule has 1 unspecified atom stereocenters. The lowest BCUT2D eigenvalue weighted by Gasteiger charge is -2.14. The van der Waals surface area contributed by atoms with Crippen LogP contribution < -0.4 is 16.0 Å². The van der Waals surface area contributed by atoms with Crippen LogP contribution >= 0.6 is 0 Å². The maximum absolute atomic E-state index is 12.4. The van der Waals surface area contributed by atoms with Crippen molar-refractivity contribution < 1.29 is 19.2 Å². The number of carbonyl (C=O) groups is 4. The number of nitrogens with one attached hydrogen (secondary N) is 3. The number of Topliss-reactive ketones (excluding diaryl/α,β-unsaturated/α-hetero) is 1. The third-order valence-corrected chi connectivity index (χ3v) is 5.28. The SMILES string of the molecule is CC(=O)c1cn(CCNC(=O)CC2NC(=O)c3ccccc3NC2=O)c2ccccc12. The molecule has 0 saturated heterocycles. The topological polar surface area (TPSA) is 109 Å². The molecule has 8 heteroatoms. The fraction of sp³-hybridized carbons (Fsp3) is 0.217. The number of hydrogen-bond acceptors (Lipinski definition) is 4. The van der Waals surface area contributed by atoms with E-state index in [9.17, 15) is 19.2 Å². The van der Waals surface area contributed by atoms with Gasteiger partial charge < -0.3 is 20.5 Å². The molecule has 1 aromatic heterocycles. The molecule has 3 aromatic rings. The zero-order valence-corrected chi connectivity index (χ0v) is 17.0. The van der Waals surface area contributed by atoms with Crippen molar-refractivity contribution in [3.63, 3.8) is 0 Å². The van der Waals surface area contributed by atoms with Gasteiger partial charge in [-0.25, -0.2) is 0 Å². The highest BCUT2D eigenvalue weighted by molar-refractivity contribution is 6.10. The van der Waals surface area contributed by atoms with Crippen LogP contribution in [0.5, 0.6) is 0 Å². The summed E-state index contributed by atoms with van der Waals surface area (Å²) in [6.07, 6.45) is 1.62. The molecule has 2 aromatic carbocycles. The summed E-state index contributed by atoms with van der Waals surface area (Å²) in [7, 11) is 0. The normalized spacial score (nSPS) is 15.6. The number of fused-ring (bicyclic) bond motifs is 2. The fourth-order valence-electron chi connectivity index (χ4n) is 3.74. The summed E-state index contributed by atoms with van der Waals surface area (Å²) in [6.45, 7) is 2.31. The van der Waals surface area contributed by atoms with Gasteiger partial charge in [-0.3, -0.25) is 19.2 Å². The molecule has 0 fully saturated rings. The van der Waals surface area contributed by atoms with Gasteiger partial charge in [0.25, 0.3) is 5.91 Å². The Morgan fingerprint density at radius 1 is 1.06 bits per heavy atom. The second kappa shape index (κ2) is 8.43. The summed E-state index contributed by atoms with van der Waals surface area (Å²) in [4.78, 5) is 49.1. The molecular formula is C23H22N4O4. The average molecular weight is 418 g/mol. The molecule has 0 saturated carbocycles. The summed E-state index contributed by atoms with van der Waals surface area (Å²) < 4.78 is 1.92. The minimum atomic E-state index is -0.961. The standard InChI is InChI=1S/C23H22N4O4/c1-14(28)17-13-27(20-9-5-3-6-15(17)20)11-10-24-21(29)12-19-23(31)25-18-8-4-2-7-16(18)22(30)26-19/h2-9,13,19H,10-12H2,1H3,(H,24,29)(H,25,31)(H,26,30). The smallest absolute Gasteiger partial charge is 0.254 e. The third kappa shape index (κ3) is 4.18. The summed E-state index contributed by atoms with van der Waals surface area (Å²) in [5, 5.41) is 8.95. The van der Waals surface area contributed by atoms with Crippen LogP contribution in [0.3, 0.4) is 0 Å². The number of ketones is 1. The van der Waals surface area contributed by atoms with Crippen LogP contribution in [0.1, 0.15) is 34.1 Å². The van der Waals surface area contributed by atoms with Crippen LogP contribution in [0.25, 0.3) is 10.9 Å². The van der Waals surface area contributed by atoms with Gasteiger partial charge in [0.2, 0.25) is 11.8 Å². The molecule has 8 nitrogen and oxygen atoms in total. The first-order valence-corrected chi connectivity index (χ1v) is 10.0. The number of nitrogens with zero attached hydrogens (tertiary/aromatic N) is 1. The van der Waals surface area contributed by atoms with Crippen LogP contribution in [0, 0.1) is 0 Å². The zero-order valence-electron chi connectivity index (χ0n) is 17.0. The lowest BCUT2D eigenvalue weighted by atomic mass is 10.1. The molecule has 0 aliphatic carbocycles. The van der Waals surface area contributed by atoms with Crippen LogP contribution in [0.4, 0.5) is 5.69 Å². The Morgan fingerprint density at radius 2 is 1.81 bits per heavy atom. The summed E-state index contributed by atoms with van der Waals surface area (Å²) in [5.74, 6) is -1.21. The highest BCUT2D eigenvalue weighted by atomic mass is 16.2. The van der Waals surface area contributed by atoms with E-state index in [1.165, 1.54) is 6.92 Å². The van der Waals surface area contributed by atoms with Crippen LogP contribution in [-0.4, -0.2) is 40.7 Å². The van der Waals surface area contributed by atoms with E-state index in [1.54, 1.807) is 30.5 Å².